The van der Waals surface area contributed by atoms with Crippen molar-refractivity contribution in [2.45, 2.75) is 12.7 Å². The molecular weight excluding hydrogens is 391 g/mol. The fourth-order valence-electron chi connectivity index (χ4n) is 2.54. The summed E-state index contributed by atoms with van der Waals surface area (Å²) in [7, 11) is 3.57. The van der Waals surface area contributed by atoms with Gasteiger partial charge in [0.15, 0.2) is 5.82 Å². The molecule has 0 aromatic carbocycles. The van der Waals surface area contributed by atoms with Crippen LogP contribution in [0.5, 0.6) is 0 Å². The standard InChI is InChI=1S/C17H20F3N7O2/c1-26(2)15-23-13(24-16(25-15)27-5-7-29-8-6-27)10-22-14(28)11-3-4-12(21-9-11)17(18,19)20/h3-4,9H,5-8,10H2,1-2H3,(H,22,28). The van der Waals surface area contributed by atoms with Crippen LogP contribution in [0, 0.1) is 0 Å². The van der Waals surface area contributed by atoms with E-state index in [1.165, 1.54) is 0 Å². The number of rotatable bonds is 5. The number of alkyl halides is 3. The topological polar surface area (TPSA) is 96.4 Å². The average Bonchev–Trinajstić information content (AvgIpc) is 2.72. The molecule has 0 unspecified atom stereocenters. The zero-order chi connectivity index (χ0) is 21.0. The van der Waals surface area contributed by atoms with Gasteiger partial charge in [-0.05, 0) is 12.1 Å². The van der Waals surface area contributed by atoms with Gasteiger partial charge in [0.1, 0.15) is 5.69 Å². The Labute approximate surface area is 164 Å². The van der Waals surface area contributed by atoms with Gasteiger partial charge in [-0.3, -0.25) is 9.78 Å². The second-order valence-corrected chi connectivity index (χ2v) is 6.46. The molecule has 29 heavy (non-hydrogen) atoms. The Morgan fingerprint density at radius 3 is 2.52 bits per heavy atom. The first-order valence-electron chi connectivity index (χ1n) is 8.80. The number of halogens is 3. The lowest BCUT2D eigenvalue weighted by Gasteiger charge is -2.27. The highest BCUT2D eigenvalue weighted by Crippen LogP contribution is 2.27. The Morgan fingerprint density at radius 2 is 1.93 bits per heavy atom. The number of pyridine rings is 1. The number of carbonyl (C=O) groups excluding carboxylic acids is 1. The Balaban J connectivity index is 1.72. The van der Waals surface area contributed by atoms with Gasteiger partial charge in [-0.1, -0.05) is 0 Å². The maximum absolute atomic E-state index is 12.6. The van der Waals surface area contributed by atoms with Crippen LogP contribution in [0.4, 0.5) is 25.1 Å². The normalized spacial score (nSPS) is 14.6. The molecule has 0 spiro atoms. The molecule has 0 bridgehead atoms. The maximum atomic E-state index is 12.6. The lowest BCUT2D eigenvalue weighted by Crippen LogP contribution is -2.38. The zero-order valence-corrected chi connectivity index (χ0v) is 15.9. The first-order chi connectivity index (χ1) is 13.7. The molecule has 0 aliphatic carbocycles. The third kappa shape index (κ3) is 5.28. The van der Waals surface area contributed by atoms with Gasteiger partial charge in [-0.25, -0.2) is 0 Å². The molecule has 9 nitrogen and oxygen atoms in total. The summed E-state index contributed by atoms with van der Waals surface area (Å²) < 4.78 is 43.1. The Morgan fingerprint density at radius 1 is 1.21 bits per heavy atom. The number of nitrogens with one attached hydrogen (secondary N) is 1. The fourth-order valence-corrected chi connectivity index (χ4v) is 2.54. The molecule has 1 aliphatic rings. The molecule has 12 heteroatoms. The number of amides is 1. The van der Waals surface area contributed by atoms with E-state index in [0.29, 0.717) is 44.0 Å². The van der Waals surface area contributed by atoms with Crippen LogP contribution in [0.25, 0.3) is 0 Å². The van der Waals surface area contributed by atoms with Crippen LogP contribution in [0.15, 0.2) is 18.3 Å². The van der Waals surface area contributed by atoms with E-state index in [4.69, 9.17) is 4.74 Å². The first kappa shape index (κ1) is 20.7. The summed E-state index contributed by atoms with van der Waals surface area (Å²) in [6.45, 7) is 2.40. The summed E-state index contributed by atoms with van der Waals surface area (Å²) in [5, 5.41) is 2.60. The summed E-state index contributed by atoms with van der Waals surface area (Å²) in [4.78, 5) is 32.3. The fraction of sp³-hybridized carbons (Fsp3) is 0.471. The largest absolute Gasteiger partial charge is 0.433 e. The molecule has 0 radical (unpaired) electrons. The van der Waals surface area contributed by atoms with Crippen molar-refractivity contribution < 1.29 is 22.7 Å². The van der Waals surface area contributed by atoms with Crippen LogP contribution in [-0.4, -0.2) is 66.2 Å². The number of hydrogen-bond donors (Lipinski definition) is 1. The lowest BCUT2D eigenvalue weighted by atomic mass is 10.2. The molecule has 1 amide bonds. The molecule has 1 fully saturated rings. The number of carbonyl (C=O) groups is 1. The average molecular weight is 411 g/mol. The SMILES string of the molecule is CN(C)c1nc(CNC(=O)c2ccc(C(F)(F)F)nc2)nc(N2CCOCC2)n1. The van der Waals surface area contributed by atoms with Crippen LogP contribution in [0.1, 0.15) is 21.9 Å². The summed E-state index contributed by atoms with van der Waals surface area (Å²) in [6.07, 6.45) is -3.67. The second-order valence-electron chi connectivity index (χ2n) is 6.46. The molecule has 3 rings (SSSR count). The van der Waals surface area contributed by atoms with Gasteiger partial charge in [0.2, 0.25) is 11.9 Å². The van der Waals surface area contributed by atoms with Gasteiger partial charge in [0.05, 0.1) is 25.3 Å². The third-order valence-electron chi connectivity index (χ3n) is 4.08. The Kier molecular flexibility index (Phi) is 6.11. The zero-order valence-electron chi connectivity index (χ0n) is 15.9. The molecule has 0 saturated carbocycles. The van der Waals surface area contributed by atoms with E-state index in [0.717, 1.165) is 18.3 Å². The summed E-state index contributed by atoms with van der Waals surface area (Å²) in [5.74, 6) is 0.666. The summed E-state index contributed by atoms with van der Waals surface area (Å²) in [6, 6.07) is 1.83. The van der Waals surface area contributed by atoms with E-state index in [1.807, 2.05) is 4.90 Å². The van der Waals surface area contributed by atoms with E-state index >= 15 is 0 Å². The molecule has 2 aromatic heterocycles. The van der Waals surface area contributed by atoms with Gasteiger partial charge in [0.25, 0.3) is 5.91 Å². The van der Waals surface area contributed by atoms with Gasteiger partial charge in [-0.2, -0.15) is 28.1 Å². The minimum atomic E-state index is -4.56. The molecular formula is C17H20F3N7O2. The number of ether oxygens (including phenoxy) is 1. The van der Waals surface area contributed by atoms with E-state index in [9.17, 15) is 18.0 Å². The second kappa shape index (κ2) is 8.55. The van der Waals surface area contributed by atoms with Crippen LogP contribution in [0.2, 0.25) is 0 Å². The minimum Gasteiger partial charge on any atom is -0.378 e. The Bertz CT molecular complexity index is 853. The number of nitrogens with zero attached hydrogens (tertiary/aromatic N) is 6. The monoisotopic (exact) mass is 411 g/mol. The molecule has 1 saturated heterocycles. The van der Waals surface area contributed by atoms with Crippen LogP contribution >= 0.6 is 0 Å². The van der Waals surface area contributed by atoms with Crippen LogP contribution in [0.3, 0.4) is 0 Å². The highest BCUT2D eigenvalue weighted by atomic mass is 19.4. The lowest BCUT2D eigenvalue weighted by molar-refractivity contribution is -0.141. The van der Waals surface area contributed by atoms with Crippen molar-refractivity contribution >= 4 is 17.8 Å². The van der Waals surface area contributed by atoms with E-state index in [1.54, 1.807) is 19.0 Å². The van der Waals surface area contributed by atoms with Crippen LogP contribution in [-0.2, 0) is 17.5 Å². The molecule has 0 atom stereocenters. The molecule has 156 valence electrons. The predicted octanol–water partition coefficient (Wildman–Crippen LogP) is 1.12. The minimum absolute atomic E-state index is 0.00768. The summed E-state index contributed by atoms with van der Waals surface area (Å²) in [5.41, 5.74) is -1.05. The quantitative estimate of drug-likeness (QED) is 0.782. The van der Waals surface area contributed by atoms with Crippen molar-refractivity contribution in [3.05, 3.63) is 35.4 Å². The first-order valence-corrected chi connectivity index (χ1v) is 8.80. The van der Waals surface area contributed by atoms with E-state index < -0.39 is 17.8 Å². The van der Waals surface area contributed by atoms with Gasteiger partial charge in [0, 0.05) is 33.4 Å². The number of aromatic nitrogens is 4. The highest BCUT2D eigenvalue weighted by molar-refractivity contribution is 5.93. The van der Waals surface area contributed by atoms with Gasteiger partial charge < -0.3 is 19.9 Å². The predicted molar refractivity (Wildman–Crippen MR) is 97.6 cm³/mol. The molecule has 2 aromatic rings. The van der Waals surface area contributed by atoms with Gasteiger partial charge in [-0.15, -0.1) is 0 Å². The van der Waals surface area contributed by atoms with Crippen molar-refractivity contribution in [2.75, 3.05) is 50.2 Å². The molecule has 1 aliphatic heterocycles. The Hall–Kier alpha value is -3.02. The van der Waals surface area contributed by atoms with Crippen LogP contribution < -0.4 is 15.1 Å². The van der Waals surface area contributed by atoms with Gasteiger partial charge >= 0.3 is 6.18 Å². The highest BCUT2D eigenvalue weighted by Gasteiger charge is 2.32. The van der Waals surface area contributed by atoms with Crippen molar-refractivity contribution in [2.24, 2.45) is 0 Å². The van der Waals surface area contributed by atoms with E-state index in [-0.39, 0.29) is 12.1 Å². The van der Waals surface area contributed by atoms with Crippen molar-refractivity contribution in [3.8, 4) is 0 Å². The third-order valence-corrected chi connectivity index (χ3v) is 4.08. The molecule has 1 N–H and O–H groups in total. The number of hydrogen-bond acceptors (Lipinski definition) is 8. The smallest absolute Gasteiger partial charge is 0.378 e. The number of anilines is 2. The van der Waals surface area contributed by atoms with Crippen molar-refractivity contribution in [1.29, 1.82) is 0 Å². The van der Waals surface area contributed by atoms with E-state index in [2.05, 4.69) is 25.3 Å². The summed E-state index contributed by atoms with van der Waals surface area (Å²) >= 11 is 0. The molecule has 3 heterocycles. The number of morpholine rings is 1. The maximum Gasteiger partial charge on any atom is 0.433 e. The van der Waals surface area contributed by atoms with Crippen molar-refractivity contribution in [3.63, 3.8) is 0 Å². The van der Waals surface area contributed by atoms with Crippen molar-refractivity contribution in [1.82, 2.24) is 25.3 Å².